The van der Waals surface area contributed by atoms with Crippen molar-refractivity contribution < 1.29 is 4.79 Å². The van der Waals surface area contributed by atoms with E-state index in [-0.39, 0.29) is 5.91 Å². The molecule has 0 rings (SSSR count). The van der Waals surface area contributed by atoms with Gasteiger partial charge in [0, 0.05) is 5.57 Å². The second-order valence-electron chi connectivity index (χ2n) is 4.05. The van der Waals surface area contributed by atoms with Crippen molar-refractivity contribution in [3.63, 3.8) is 0 Å². The minimum absolute atomic E-state index is 0.234. The smallest absolute Gasteiger partial charge is 0.244 e. The maximum Gasteiger partial charge on any atom is 0.244 e. The van der Waals surface area contributed by atoms with Gasteiger partial charge in [-0.1, -0.05) is 45.6 Å². The van der Waals surface area contributed by atoms with Crippen LogP contribution in [0.4, 0.5) is 0 Å². The summed E-state index contributed by atoms with van der Waals surface area (Å²) in [5.41, 5.74) is 6.16. The predicted molar refractivity (Wildman–Crippen MR) is 65.6 cm³/mol. The zero-order chi connectivity index (χ0) is 11.5. The van der Waals surface area contributed by atoms with Crippen molar-refractivity contribution in [3.8, 4) is 0 Å². The van der Waals surface area contributed by atoms with Gasteiger partial charge in [-0.15, -0.1) is 0 Å². The van der Waals surface area contributed by atoms with Gasteiger partial charge in [0.15, 0.2) is 0 Å². The Morgan fingerprint density at radius 2 is 1.67 bits per heavy atom. The zero-order valence-corrected chi connectivity index (χ0v) is 10.2. The second-order valence-corrected chi connectivity index (χ2v) is 4.05. The number of hydrogen-bond acceptors (Lipinski definition) is 1. The summed E-state index contributed by atoms with van der Waals surface area (Å²) in [5, 5.41) is 0. The largest absolute Gasteiger partial charge is 0.366 e. The molecule has 0 atom stereocenters. The number of unbranched alkanes of at least 4 members (excludes halogenated alkanes) is 5. The molecule has 0 aliphatic carbocycles. The van der Waals surface area contributed by atoms with Crippen molar-refractivity contribution in [1.29, 1.82) is 0 Å². The molecule has 0 aromatic carbocycles. The molecule has 15 heavy (non-hydrogen) atoms. The molecule has 0 heterocycles. The first kappa shape index (κ1) is 14.2. The van der Waals surface area contributed by atoms with Crippen LogP contribution < -0.4 is 5.73 Å². The van der Waals surface area contributed by atoms with Crippen molar-refractivity contribution in [3.05, 3.63) is 11.6 Å². The molecule has 1 amide bonds. The highest BCUT2D eigenvalue weighted by Gasteiger charge is 2.03. The van der Waals surface area contributed by atoms with Crippen LogP contribution >= 0.6 is 0 Å². The Labute approximate surface area is 93.9 Å². The van der Waals surface area contributed by atoms with E-state index in [2.05, 4.69) is 13.8 Å². The fourth-order valence-electron chi connectivity index (χ4n) is 1.56. The molecular formula is C13H25NO. The van der Waals surface area contributed by atoms with E-state index in [0.717, 1.165) is 24.8 Å². The van der Waals surface area contributed by atoms with Crippen LogP contribution in [0.2, 0.25) is 0 Å². The standard InChI is InChI=1S/C13H25NO/c1-3-5-7-9-11-12(13(14)15)10-8-6-4-2/h11H,3-10H2,1-2H3,(H2,14,15)/b12-11-. The van der Waals surface area contributed by atoms with E-state index < -0.39 is 0 Å². The highest BCUT2D eigenvalue weighted by Crippen LogP contribution is 2.11. The second kappa shape index (κ2) is 9.75. The quantitative estimate of drug-likeness (QED) is 0.460. The highest BCUT2D eigenvalue weighted by molar-refractivity contribution is 5.91. The molecule has 0 radical (unpaired) electrons. The van der Waals surface area contributed by atoms with Crippen molar-refractivity contribution in [2.24, 2.45) is 5.73 Å². The van der Waals surface area contributed by atoms with Crippen molar-refractivity contribution >= 4 is 5.91 Å². The van der Waals surface area contributed by atoms with E-state index in [1.807, 2.05) is 6.08 Å². The molecule has 2 heteroatoms. The van der Waals surface area contributed by atoms with E-state index in [4.69, 9.17) is 5.73 Å². The van der Waals surface area contributed by atoms with Gasteiger partial charge in [-0.05, 0) is 25.7 Å². The van der Waals surface area contributed by atoms with Gasteiger partial charge >= 0.3 is 0 Å². The number of carbonyl (C=O) groups is 1. The van der Waals surface area contributed by atoms with Gasteiger partial charge in [0.05, 0.1) is 0 Å². The molecule has 0 bridgehead atoms. The predicted octanol–water partition coefficient (Wildman–Crippen LogP) is 3.56. The lowest BCUT2D eigenvalue weighted by molar-refractivity contribution is -0.114. The average molecular weight is 211 g/mol. The molecule has 0 aromatic heterocycles. The fraction of sp³-hybridized carbons (Fsp3) is 0.769. The van der Waals surface area contributed by atoms with Gasteiger partial charge in [0.2, 0.25) is 5.91 Å². The summed E-state index contributed by atoms with van der Waals surface area (Å²) < 4.78 is 0. The number of hydrogen-bond donors (Lipinski definition) is 1. The van der Waals surface area contributed by atoms with Crippen LogP contribution in [0.5, 0.6) is 0 Å². The number of nitrogens with two attached hydrogens (primary N) is 1. The van der Waals surface area contributed by atoms with Crippen LogP contribution in [0, 0.1) is 0 Å². The molecule has 0 unspecified atom stereocenters. The summed E-state index contributed by atoms with van der Waals surface area (Å²) >= 11 is 0. The Morgan fingerprint density at radius 1 is 1.07 bits per heavy atom. The molecule has 0 saturated carbocycles. The van der Waals surface area contributed by atoms with Crippen LogP contribution in [0.3, 0.4) is 0 Å². The summed E-state index contributed by atoms with van der Waals surface area (Å²) in [6, 6.07) is 0. The number of amides is 1. The first-order chi connectivity index (χ1) is 7.22. The minimum atomic E-state index is -0.234. The first-order valence-corrected chi connectivity index (χ1v) is 6.21. The van der Waals surface area contributed by atoms with E-state index >= 15 is 0 Å². The zero-order valence-electron chi connectivity index (χ0n) is 10.2. The summed E-state index contributed by atoms with van der Waals surface area (Å²) in [4.78, 5) is 11.1. The Hall–Kier alpha value is -0.790. The topological polar surface area (TPSA) is 43.1 Å². The lowest BCUT2D eigenvalue weighted by Crippen LogP contribution is -2.14. The molecule has 0 spiro atoms. The normalized spacial score (nSPS) is 11.7. The molecule has 0 aliphatic heterocycles. The lowest BCUT2D eigenvalue weighted by atomic mass is 10.0. The van der Waals surface area contributed by atoms with Crippen LogP contribution in [0.1, 0.15) is 65.2 Å². The SMILES string of the molecule is CCCCC/C=C(/CCCCC)C(N)=O. The first-order valence-electron chi connectivity index (χ1n) is 6.21. The maximum atomic E-state index is 11.1. The maximum absolute atomic E-state index is 11.1. The lowest BCUT2D eigenvalue weighted by Gasteiger charge is -2.02. The average Bonchev–Trinajstić information content (AvgIpc) is 2.21. The van der Waals surface area contributed by atoms with Gasteiger partial charge in [-0.25, -0.2) is 0 Å². The van der Waals surface area contributed by atoms with E-state index in [1.165, 1.54) is 32.1 Å². The molecular weight excluding hydrogens is 186 g/mol. The Bertz CT molecular complexity index is 197. The molecule has 0 saturated heterocycles. The van der Waals surface area contributed by atoms with Gasteiger partial charge in [-0.2, -0.15) is 0 Å². The van der Waals surface area contributed by atoms with Crippen molar-refractivity contribution in [2.45, 2.75) is 65.2 Å². The van der Waals surface area contributed by atoms with Gasteiger partial charge in [0.1, 0.15) is 0 Å². The molecule has 0 aromatic rings. The highest BCUT2D eigenvalue weighted by atomic mass is 16.1. The Kier molecular flexibility index (Phi) is 9.24. The summed E-state index contributed by atoms with van der Waals surface area (Å²) in [7, 11) is 0. The van der Waals surface area contributed by atoms with Gasteiger partial charge in [-0.3, -0.25) is 4.79 Å². The number of primary amides is 1. The Balaban J connectivity index is 3.85. The third-order valence-corrected chi connectivity index (χ3v) is 2.56. The third kappa shape index (κ3) is 8.22. The molecule has 2 N–H and O–H groups in total. The van der Waals surface area contributed by atoms with E-state index in [0.29, 0.717) is 0 Å². The third-order valence-electron chi connectivity index (χ3n) is 2.56. The molecule has 2 nitrogen and oxygen atoms in total. The van der Waals surface area contributed by atoms with Gasteiger partial charge in [0.25, 0.3) is 0 Å². The number of carbonyl (C=O) groups excluding carboxylic acids is 1. The van der Waals surface area contributed by atoms with Crippen LogP contribution in [-0.4, -0.2) is 5.91 Å². The monoisotopic (exact) mass is 211 g/mol. The summed E-state index contributed by atoms with van der Waals surface area (Å²) in [5.74, 6) is -0.234. The summed E-state index contributed by atoms with van der Waals surface area (Å²) in [6.45, 7) is 4.34. The molecule has 0 fully saturated rings. The van der Waals surface area contributed by atoms with Gasteiger partial charge < -0.3 is 5.73 Å². The van der Waals surface area contributed by atoms with Crippen molar-refractivity contribution in [2.75, 3.05) is 0 Å². The van der Waals surface area contributed by atoms with E-state index in [9.17, 15) is 4.79 Å². The molecule has 0 aliphatic rings. The van der Waals surface area contributed by atoms with Crippen LogP contribution in [-0.2, 0) is 4.79 Å². The van der Waals surface area contributed by atoms with E-state index in [1.54, 1.807) is 0 Å². The summed E-state index contributed by atoms with van der Waals surface area (Å²) in [6.07, 6.45) is 11.0. The van der Waals surface area contributed by atoms with Crippen LogP contribution in [0.15, 0.2) is 11.6 Å². The number of rotatable bonds is 9. The van der Waals surface area contributed by atoms with Crippen LogP contribution in [0.25, 0.3) is 0 Å². The minimum Gasteiger partial charge on any atom is -0.366 e. The van der Waals surface area contributed by atoms with Crippen molar-refractivity contribution in [1.82, 2.24) is 0 Å². The fourth-order valence-corrected chi connectivity index (χ4v) is 1.56. The number of allylic oxidation sites excluding steroid dienone is 1. The molecule has 88 valence electrons. The Morgan fingerprint density at radius 3 is 2.20 bits per heavy atom.